The van der Waals surface area contributed by atoms with Crippen molar-refractivity contribution in [3.63, 3.8) is 0 Å². The van der Waals surface area contributed by atoms with E-state index in [1.165, 1.54) is 5.56 Å². The fraction of sp³-hybridized carbons (Fsp3) is 0.125. The zero-order valence-corrected chi connectivity index (χ0v) is 13.7. The Labute approximate surface area is 137 Å². The Balaban J connectivity index is 1.77. The molecule has 0 unspecified atom stereocenters. The van der Waals surface area contributed by atoms with Gasteiger partial charge in [-0.15, -0.1) is 5.10 Å². The number of hydrogen-bond acceptors (Lipinski definition) is 4. The van der Waals surface area contributed by atoms with E-state index in [1.54, 1.807) is 4.68 Å². The number of nitrogens with zero attached hydrogens (tertiary/aromatic N) is 3. The summed E-state index contributed by atoms with van der Waals surface area (Å²) in [5.41, 5.74) is 9.19. The molecule has 0 amide bonds. The highest BCUT2D eigenvalue weighted by molar-refractivity contribution is 9.10. The van der Waals surface area contributed by atoms with Crippen molar-refractivity contribution < 1.29 is 0 Å². The Morgan fingerprint density at radius 1 is 1.18 bits per heavy atom. The van der Waals surface area contributed by atoms with Gasteiger partial charge >= 0.3 is 0 Å². The highest BCUT2D eigenvalue weighted by Gasteiger charge is 2.08. The zero-order valence-electron chi connectivity index (χ0n) is 12.1. The van der Waals surface area contributed by atoms with Crippen LogP contribution < -0.4 is 11.1 Å². The number of nitrogens with one attached hydrogen (secondary N) is 1. The van der Waals surface area contributed by atoms with Crippen LogP contribution in [0.4, 0.5) is 17.6 Å². The predicted octanol–water partition coefficient (Wildman–Crippen LogP) is 3.72. The maximum atomic E-state index is 5.94. The minimum absolute atomic E-state index is 0.384. The normalized spacial score (nSPS) is 10.6. The lowest BCUT2D eigenvalue weighted by molar-refractivity contribution is 0.698. The molecule has 0 aliphatic rings. The van der Waals surface area contributed by atoms with E-state index in [9.17, 15) is 0 Å². The van der Waals surface area contributed by atoms with Crippen molar-refractivity contribution in [2.75, 3.05) is 11.1 Å². The van der Waals surface area contributed by atoms with E-state index in [0.717, 1.165) is 15.7 Å². The second-order valence-corrected chi connectivity index (χ2v) is 5.99. The van der Waals surface area contributed by atoms with Crippen LogP contribution in [-0.2, 0) is 6.54 Å². The third-order valence-electron chi connectivity index (χ3n) is 3.23. The summed E-state index contributed by atoms with van der Waals surface area (Å²) in [5.74, 6) is 0.880. The molecule has 0 atom stereocenters. The fourth-order valence-electron chi connectivity index (χ4n) is 2.10. The molecular formula is C16H16BrN5. The number of aryl methyl sites for hydroxylation is 1. The first-order valence-electron chi connectivity index (χ1n) is 6.88. The van der Waals surface area contributed by atoms with E-state index in [0.29, 0.717) is 18.4 Å². The van der Waals surface area contributed by atoms with Crippen LogP contribution >= 0.6 is 15.9 Å². The van der Waals surface area contributed by atoms with Crippen molar-refractivity contribution in [1.82, 2.24) is 14.8 Å². The monoisotopic (exact) mass is 357 g/mol. The Bertz CT molecular complexity index is 779. The molecule has 0 spiro atoms. The second-order valence-electron chi connectivity index (χ2n) is 5.07. The number of halogens is 1. The molecule has 0 bridgehead atoms. The van der Waals surface area contributed by atoms with Crippen molar-refractivity contribution in [2.24, 2.45) is 0 Å². The summed E-state index contributed by atoms with van der Waals surface area (Å²) >= 11 is 3.46. The van der Waals surface area contributed by atoms with Crippen molar-refractivity contribution in [2.45, 2.75) is 13.5 Å². The largest absolute Gasteiger partial charge is 0.368 e. The number of rotatable bonds is 4. The molecule has 5 nitrogen and oxygen atoms in total. The van der Waals surface area contributed by atoms with Gasteiger partial charge in [0.05, 0.1) is 6.54 Å². The Morgan fingerprint density at radius 2 is 1.95 bits per heavy atom. The zero-order chi connectivity index (χ0) is 15.5. The van der Waals surface area contributed by atoms with Gasteiger partial charge in [0.1, 0.15) is 0 Å². The summed E-state index contributed by atoms with van der Waals surface area (Å²) in [6.45, 7) is 2.63. The first-order valence-corrected chi connectivity index (χ1v) is 7.68. The molecule has 3 aromatic rings. The molecule has 112 valence electrons. The molecule has 0 radical (unpaired) electrons. The van der Waals surface area contributed by atoms with Crippen LogP contribution in [0.1, 0.15) is 11.1 Å². The van der Waals surface area contributed by atoms with Gasteiger partial charge in [-0.3, -0.25) is 0 Å². The summed E-state index contributed by atoms with van der Waals surface area (Å²) in [4.78, 5) is 4.25. The van der Waals surface area contributed by atoms with Crippen LogP contribution in [0.2, 0.25) is 0 Å². The second kappa shape index (κ2) is 6.19. The number of aromatic nitrogens is 3. The summed E-state index contributed by atoms with van der Waals surface area (Å²) in [6.07, 6.45) is 0. The summed E-state index contributed by atoms with van der Waals surface area (Å²) in [7, 11) is 0. The molecule has 3 N–H and O–H groups in total. The standard InChI is InChI=1S/C16H16BrN5/c1-11-5-7-14(8-6-11)19-16-20-15(18)22(21-16)10-12-3-2-4-13(17)9-12/h2-9H,10H2,1H3,(H3,18,19,20,21). The van der Waals surface area contributed by atoms with Crippen molar-refractivity contribution in [3.8, 4) is 0 Å². The van der Waals surface area contributed by atoms with Gasteiger partial charge in [-0.1, -0.05) is 45.8 Å². The minimum atomic E-state index is 0.384. The van der Waals surface area contributed by atoms with E-state index in [-0.39, 0.29) is 0 Å². The third-order valence-corrected chi connectivity index (χ3v) is 3.72. The number of nitrogen functional groups attached to an aromatic ring is 1. The summed E-state index contributed by atoms with van der Waals surface area (Å²) < 4.78 is 2.71. The average molecular weight is 358 g/mol. The summed E-state index contributed by atoms with van der Waals surface area (Å²) in [5, 5.41) is 7.56. The van der Waals surface area contributed by atoms with Gasteiger partial charge in [-0.2, -0.15) is 4.98 Å². The Kier molecular flexibility index (Phi) is 4.11. The van der Waals surface area contributed by atoms with E-state index >= 15 is 0 Å². The van der Waals surface area contributed by atoms with Gasteiger partial charge < -0.3 is 11.1 Å². The van der Waals surface area contributed by atoms with Gasteiger partial charge in [0.2, 0.25) is 11.9 Å². The molecule has 0 saturated carbocycles. The molecule has 0 fully saturated rings. The molecule has 0 aliphatic carbocycles. The van der Waals surface area contributed by atoms with Crippen LogP contribution in [0, 0.1) is 6.92 Å². The molecule has 3 rings (SSSR count). The maximum absolute atomic E-state index is 5.94. The van der Waals surface area contributed by atoms with E-state index in [1.807, 2.05) is 55.5 Å². The van der Waals surface area contributed by atoms with Crippen LogP contribution in [0.5, 0.6) is 0 Å². The highest BCUT2D eigenvalue weighted by atomic mass is 79.9. The molecular weight excluding hydrogens is 342 g/mol. The lowest BCUT2D eigenvalue weighted by Crippen LogP contribution is -2.06. The first kappa shape index (κ1) is 14.6. The van der Waals surface area contributed by atoms with Gasteiger partial charge in [-0.25, -0.2) is 4.68 Å². The van der Waals surface area contributed by atoms with E-state index < -0.39 is 0 Å². The topological polar surface area (TPSA) is 68.8 Å². The highest BCUT2D eigenvalue weighted by Crippen LogP contribution is 2.17. The smallest absolute Gasteiger partial charge is 0.248 e. The minimum Gasteiger partial charge on any atom is -0.368 e. The van der Waals surface area contributed by atoms with Crippen LogP contribution in [0.15, 0.2) is 53.0 Å². The molecule has 22 heavy (non-hydrogen) atoms. The van der Waals surface area contributed by atoms with Gasteiger partial charge in [0, 0.05) is 10.2 Å². The molecule has 0 aliphatic heterocycles. The lowest BCUT2D eigenvalue weighted by atomic mass is 10.2. The number of nitrogens with two attached hydrogens (primary N) is 1. The fourth-order valence-corrected chi connectivity index (χ4v) is 2.54. The van der Waals surface area contributed by atoms with Crippen LogP contribution in [0.3, 0.4) is 0 Å². The number of hydrogen-bond donors (Lipinski definition) is 2. The Hall–Kier alpha value is -2.34. The quantitative estimate of drug-likeness (QED) is 0.746. The predicted molar refractivity (Wildman–Crippen MR) is 92.1 cm³/mol. The van der Waals surface area contributed by atoms with Gasteiger partial charge in [0.25, 0.3) is 0 Å². The molecule has 2 aromatic carbocycles. The number of anilines is 3. The Morgan fingerprint density at radius 3 is 2.68 bits per heavy atom. The molecule has 0 saturated heterocycles. The maximum Gasteiger partial charge on any atom is 0.248 e. The van der Waals surface area contributed by atoms with Crippen molar-refractivity contribution in [3.05, 3.63) is 64.1 Å². The summed E-state index contributed by atoms with van der Waals surface area (Å²) in [6, 6.07) is 16.1. The van der Waals surface area contributed by atoms with Crippen LogP contribution in [-0.4, -0.2) is 14.8 Å². The number of benzene rings is 2. The van der Waals surface area contributed by atoms with Gasteiger partial charge in [0.15, 0.2) is 0 Å². The molecule has 1 aromatic heterocycles. The lowest BCUT2D eigenvalue weighted by Gasteiger charge is -2.03. The SMILES string of the molecule is Cc1ccc(Nc2nc(N)n(Cc3cccc(Br)c3)n2)cc1. The first-order chi connectivity index (χ1) is 10.6. The van der Waals surface area contributed by atoms with E-state index in [4.69, 9.17) is 5.73 Å². The molecule has 1 heterocycles. The average Bonchev–Trinajstić information content (AvgIpc) is 2.81. The van der Waals surface area contributed by atoms with Crippen LogP contribution in [0.25, 0.3) is 0 Å². The molecule has 6 heteroatoms. The van der Waals surface area contributed by atoms with Crippen molar-refractivity contribution in [1.29, 1.82) is 0 Å². The van der Waals surface area contributed by atoms with Crippen molar-refractivity contribution >= 4 is 33.5 Å². The van der Waals surface area contributed by atoms with E-state index in [2.05, 4.69) is 31.3 Å². The van der Waals surface area contributed by atoms with Gasteiger partial charge in [-0.05, 0) is 36.8 Å². The third kappa shape index (κ3) is 3.46.